The predicted octanol–water partition coefficient (Wildman–Crippen LogP) is 5.62. The fourth-order valence-electron chi connectivity index (χ4n) is 4.85. The highest BCUT2D eigenvalue weighted by Gasteiger charge is 2.25. The Kier molecular flexibility index (Phi) is 8.04. The number of aryl methyl sites for hydroxylation is 2. The first-order valence-electron chi connectivity index (χ1n) is 13.1. The van der Waals surface area contributed by atoms with Crippen LogP contribution in [0.5, 0.6) is 0 Å². The zero-order valence-corrected chi connectivity index (χ0v) is 22.5. The number of amides is 1. The van der Waals surface area contributed by atoms with Gasteiger partial charge in [-0.15, -0.1) is 0 Å². The van der Waals surface area contributed by atoms with Crippen molar-refractivity contribution in [1.82, 2.24) is 25.2 Å². The molecule has 2 aromatic heterocycles. The molecule has 8 nitrogen and oxygen atoms in total. The maximum atomic E-state index is 15.2. The van der Waals surface area contributed by atoms with E-state index in [1.807, 2.05) is 32.0 Å². The van der Waals surface area contributed by atoms with E-state index in [1.165, 1.54) is 6.20 Å². The minimum absolute atomic E-state index is 0.148. The molecule has 2 aliphatic rings. The van der Waals surface area contributed by atoms with Crippen LogP contribution in [0.4, 0.5) is 27.7 Å². The van der Waals surface area contributed by atoms with Crippen molar-refractivity contribution in [3.63, 3.8) is 0 Å². The Labute approximate surface area is 227 Å². The van der Waals surface area contributed by atoms with E-state index in [0.717, 1.165) is 62.0 Å². The lowest BCUT2D eigenvalue weighted by Gasteiger charge is -2.32. The molecule has 5 rings (SSSR count). The number of nitrogens with zero attached hydrogens (tertiary/aromatic N) is 4. The summed E-state index contributed by atoms with van der Waals surface area (Å²) in [7, 11) is 0. The summed E-state index contributed by atoms with van der Waals surface area (Å²) in [5.41, 5.74) is 3.41. The third-order valence-electron chi connectivity index (χ3n) is 7.13. The molecule has 200 valence electrons. The lowest BCUT2D eigenvalue weighted by atomic mass is 9.86. The van der Waals surface area contributed by atoms with Gasteiger partial charge in [0.05, 0.1) is 11.9 Å². The van der Waals surface area contributed by atoms with Crippen molar-refractivity contribution in [3.8, 4) is 0 Å². The average molecular weight is 538 g/mol. The van der Waals surface area contributed by atoms with Gasteiger partial charge in [-0.1, -0.05) is 11.6 Å². The summed E-state index contributed by atoms with van der Waals surface area (Å²) in [6.45, 7) is 6.57. The lowest BCUT2D eigenvalue weighted by Crippen LogP contribution is -2.36. The van der Waals surface area contributed by atoms with Crippen LogP contribution in [0.1, 0.15) is 54.7 Å². The van der Waals surface area contributed by atoms with Crippen molar-refractivity contribution in [2.75, 3.05) is 30.3 Å². The fourth-order valence-corrected chi connectivity index (χ4v) is 4.99. The molecule has 3 aromatic rings. The second kappa shape index (κ2) is 11.6. The van der Waals surface area contributed by atoms with E-state index in [9.17, 15) is 4.79 Å². The Bertz CT molecular complexity index is 1310. The number of hydrogen-bond donors (Lipinski definition) is 3. The smallest absolute Gasteiger partial charge is 0.229 e. The maximum Gasteiger partial charge on any atom is 0.229 e. The Morgan fingerprint density at radius 1 is 1.11 bits per heavy atom. The largest absolute Gasteiger partial charge is 0.353 e. The SMILES string of the molecule is Cc1ccnc(Nc2nc(Nc3cc(C)c(C4CCN(CCC(=O)NC5CC5)CC4)cc3F)ncc2Cl)c1. The van der Waals surface area contributed by atoms with Crippen molar-refractivity contribution in [1.29, 1.82) is 0 Å². The molecule has 3 heterocycles. The second-order valence-electron chi connectivity index (χ2n) is 10.3. The molecule has 2 fully saturated rings. The summed E-state index contributed by atoms with van der Waals surface area (Å²) in [5, 5.41) is 9.47. The van der Waals surface area contributed by atoms with E-state index in [-0.39, 0.29) is 17.7 Å². The summed E-state index contributed by atoms with van der Waals surface area (Å²) in [6.07, 6.45) is 7.82. The number of halogens is 2. The standard InChI is InChI=1S/C28H33ClFN7O/c1-17-5-9-31-25(13-17)35-27-22(29)16-32-28(36-27)34-24-14-18(2)21(15-23(24)30)19-6-10-37(11-7-19)12-8-26(38)33-20-3-4-20/h5,9,13-16,19-20H,3-4,6-8,10-12H2,1-2H3,(H,33,38)(H2,31,32,34,35,36). The van der Waals surface area contributed by atoms with Crippen LogP contribution in [0.15, 0.2) is 36.7 Å². The molecule has 1 saturated carbocycles. The molecule has 1 aromatic carbocycles. The molecule has 0 unspecified atom stereocenters. The first kappa shape index (κ1) is 26.3. The molecular formula is C28H33ClFN7O. The van der Waals surface area contributed by atoms with Gasteiger partial charge < -0.3 is 20.9 Å². The number of anilines is 4. The highest BCUT2D eigenvalue weighted by atomic mass is 35.5. The topological polar surface area (TPSA) is 95.1 Å². The van der Waals surface area contributed by atoms with Crippen molar-refractivity contribution in [3.05, 3.63) is 64.2 Å². The normalized spacial score (nSPS) is 16.3. The Morgan fingerprint density at radius 2 is 1.89 bits per heavy atom. The van der Waals surface area contributed by atoms with Gasteiger partial charge in [0.1, 0.15) is 16.7 Å². The number of pyridine rings is 1. The van der Waals surface area contributed by atoms with Crippen LogP contribution >= 0.6 is 11.6 Å². The molecule has 1 aliphatic carbocycles. The van der Waals surface area contributed by atoms with Crippen LogP contribution < -0.4 is 16.0 Å². The molecule has 1 amide bonds. The van der Waals surface area contributed by atoms with Crippen LogP contribution in [0.2, 0.25) is 5.02 Å². The van der Waals surface area contributed by atoms with Crippen LogP contribution in [0, 0.1) is 19.7 Å². The molecule has 10 heteroatoms. The molecular weight excluding hydrogens is 505 g/mol. The van der Waals surface area contributed by atoms with E-state index >= 15 is 4.39 Å². The Balaban J connectivity index is 1.20. The molecule has 0 radical (unpaired) electrons. The number of likely N-dealkylation sites (tertiary alicyclic amines) is 1. The van der Waals surface area contributed by atoms with Gasteiger partial charge in [0, 0.05) is 25.2 Å². The van der Waals surface area contributed by atoms with Crippen molar-refractivity contribution >= 4 is 40.8 Å². The van der Waals surface area contributed by atoms with E-state index in [0.29, 0.717) is 40.7 Å². The number of carbonyl (C=O) groups is 1. The molecule has 0 atom stereocenters. The van der Waals surface area contributed by atoms with Gasteiger partial charge in [-0.2, -0.15) is 4.98 Å². The minimum Gasteiger partial charge on any atom is -0.353 e. The number of aromatic nitrogens is 3. The monoisotopic (exact) mass is 537 g/mol. The van der Waals surface area contributed by atoms with E-state index in [2.05, 4.69) is 35.8 Å². The van der Waals surface area contributed by atoms with Gasteiger partial charge in [0.25, 0.3) is 0 Å². The van der Waals surface area contributed by atoms with Crippen molar-refractivity contribution in [2.45, 2.75) is 57.9 Å². The van der Waals surface area contributed by atoms with Crippen LogP contribution in [-0.4, -0.2) is 51.4 Å². The second-order valence-corrected chi connectivity index (χ2v) is 10.7. The Morgan fingerprint density at radius 3 is 2.63 bits per heavy atom. The quantitative estimate of drug-likeness (QED) is 0.326. The third kappa shape index (κ3) is 6.76. The number of carbonyl (C=O) groups excluding carboxylic acids is 1. The fraction of sp³-hybridized carbons (Fsp3) is 0.429. The first-order chi connectivity index (χ1) is 18.3. The van der Waals surface area contributed by atoms with Crippen molar-refractivity contribution in [2.24, 2.45) is 0 Å². The number of benzene rings is 1. The van der Waals surface area contributed by atoms with Gasteiger partial charge in [-0.05, 0) is 99.5 Å². The lowest BCUT2D eigenvalue weighted by molar-refractivity contribution is -0.121. The van der Waals surface area contributed by atoms with Gasteiger partial charge in [-0.25, -0.2) is 14.4 Å². The summed E-state index contributed by atoms with van der Waals surface area (Å²) in [4.78, 5) is 27.2. The summed E-state index contributed by atoms with van der Waals surface area (Å²) >= 11 is 6.28. The summed E-state index contributed by atoms with van der Waals surface area (Å²) in [5.74, 6) is 1.31. The number of hydrogen-bond acceptors (Lipinski definition) is 7. The van der Waals surface area contributed by atoms with Gasteiger partial charge >= 0.3 is 0 Å². The highest BCUT2D eigenvalue weighted by molar-refractivity contribution is 6.32. The van der Waals surface area contributed by atoms with Crippen LogP contribution in [0.3, 0.4) is 0 Å². The van der Waals surface area contributed by atoms with Gasteiger partial charge in [0.2, 0.25) is 11.9 Å². The molecule has 1 aliphatic heterocycles. The number of piperidine rings is 1. The minimum atomic E-state index is -0.349. The van der Waals surface area contributed by atoms with E-state index < -0.39 is 0 Å². The van der Waals surface area contributed by atoms with Crippen molar-refractivity contribution < 1.29 is 9.18 Å². The maximum absolute atomic E-state index is 15.2. The molecule has 1 saturated heterocycles. The Hall–Kier alpha value is -3.30. The first-order valence-corrected chi connectivity index (χ1v) is 13.5. The highest BCUT2D eigenvalue weighted by Crippen LogP contribution is 2.34. The third-order valence-corrected chi connectivity index (χ3v) is 7.41. The van der Waals surface area contributed by atoms with E-state index in [1.54, 1.807) is 12.3 Å². The number of rotatable bonds is 9. The molecule has 38 heavy (non-hydrogen) atoms. The van der Waals surface area contributed by atoms with Gasteiger partial charge in [-0.3, -0.25) is 4.79 Å². The molecule has 3 N–H and O–H groups in total. The zero-order valence-electron chi connectivity index (χ0n) is 21.7. The average Bonchev–Trinajstić information content (AvgIpc) is 3.71. The summed E-state index contributed by atoms with van der Waals surface area (Å²) < 4.78 is 15.2. The summed E-state index contributed by atoms with van der Waals surface area (Å²) in [6, 6.07) is 7.63. The molecule has 0 spiro atoms. The van der Waals surface area contributed by atoms with Crippen LogP contribution in [-0.2, 0) is 4.79 Å². The van der Waals surface area contributed by atoms with E-state index in [4.69, 9.17) is 11.6 Å². The predicted molar refractivity (Wildman–Crippen MR) is 148 cm³/mol. The van der Waals surface area contributed by atoms with Crippen LogP contribution in [0.25, 0.3) is 0 Å². The molecule has 0 bridgehead atoms. The number of nitrogens with one attached hydrogen (secondary N) is 3. The van der Waals surface area contributed by atoms with Gasteiger partial charge in [0.15, 0.2) is 5.82 Å². The zero-order chi connectivity index (χ0) is 26.6.